The van der Waals surface area contributed by atoms with Gasteiger partial charge < -0.3 is 10.4 Å². The molecule has 0 atom stereocenters. The van der Waals surface area contributed by atoms with Crippen LogP contribution in [-0.4, -0.2) is 16.4 Å². The number of nitrogens with zero attached hydrogens (tertiary/aromatic N) is 1. The van der Waals surface area contributed by atoms with E-state index in [0.29, 0.717) is 0 Å². The van der Waals surface area contributed by atoms with Crippen LogP contribution in [0.15, 0.2) is 53.6 Å². The largest absolute Gasteiger partial charge is 0.508 e. The van der Waals surface area contributed by atoms with E-state index in [1.165, 1.54) is 12.3 Å². The predicted octanol–water partition coefficient (Wildman–Crippen LogP) is 2.85. The van der Waals surface area contributed by atoms with Crippen molar-refractivity contribution in [3.05, 3.63) is 59.9 Å². The van der Waals surface area contributed by atoms with Gasteiger partial charge in [-0.3, -0.25) is 5.43 Å². The summed E-state index contributed by atoms with van der Waals surface area (Å²) in [6, 6.07) is 12.7. The Bertz CT molecular complexity index is 629. The summed E-state index contributed by atoms with van der Waals surface area (Å²) < 4.78 is 13.4. The Balaban J connectivity index is 1.89. The highest BCUT2D eigenvalue weighted by molar-refractivity contribution is 7.80. The van der Waals surface area contributed by atoms with Crippen molar-refractivity contribution < 1.29 is 9.50 Å². The van der Waals surface area contributed by atoms with Crippen molar-refractivity contribution in [2.24, 2.45) is 5.10 Å². The number of nitrogens with one attached hydrogen (secondary N) is 2. The number of hydrazone groups is 1. The second-order valence-corrected chi connectivity index (χ2v) is 4.30. The van der Waals surface area contributed by atoms with Gasteiger partial charge in [-0.1, -0.05) is 12.1 Å². The lowest BCUT2D eigenvalue weighted by atomic mass is 10.2. The molecule has 0 spiro atoms. The van der Waals surface area contributed by atoms with Gasteiger partial charge >= 0.3 is 0 Å². The molecule has 0 unspecified atom stereocenters. The quantitative estimate of drug-likeness (QED) is 0.462. The Labute approximate surface area is 121 Å². The first kappa shape index (κ1) is 14.0. The van der Waals surface area contributed by atoms with E-state index in [0.717, 1.165) is 5.56 Å². The first-order chi connectivity index (χ1) is 9.65. The van der Waals surface area contributed by atoms with Gasteiger partial charge in [0.1, 0.15) is 11.6 Å². The van der Waals surface area contributed by atoms with Crippen molar-refractivity contribution in [3.63, 3.8) is 0 Å². The smallest absolute Gasteiger partial charge is 0.191 e. The highest BCUT2D eigenvalue weighted by atomic mass is 32.1. The lowest BCUT2D eigenvalue weighted by molar-refractivity contribution is 0.475. The van der Waals surface area contributed by atoms with Gasteiger partial charge in [0.05, 0.1) is 11.9 Å². The number of aromatic hydroxyl groups is 1. The molecule has 0 saturated heterocycles. The topological polar surface area (TPSA) is 56.7 Å². The van der Waals surface area contributed by atoms with Crippen molar-refractivity contribution in [1.82, 2.24) is 5.43 Å². The van der Waals surface area contributed by atoms with Crippen LogP contribution in [0.25, 0.3) is 0 Å². The zero-order valence-electron chi connectivity index (χ0n) is 10.4. The first-order valence-electron chi connectivity index (χ1n) is 5.79. The van der Waals surface area contributed by atoms with Crippen molar-refractivity contribution in [1.29, 1.82) is 0 Å². The third kappa shape index (κ3) is 4.03. The molecule has 0 heterocycles. The highest BCUT2D eigenvalue weighted by Gasteiger charge is 2.01. The van der Waals surface area contributed by atoms with Gasteiger partial charge in [0, 0.05) is 0 Å². The Morgan fingerprint density at radius 1 is 1.15 bits per heavy atom. The zero-order valence-corrected chi connectivity index (χ0v) is 11.2. The molecule has 0 aliphatic carbocycles. The number of phenols is 1. The average Bonchev–Trinajstić information content (AvgIpc) is 2.44. The van der Waals surface area contributed by atoms with Crippen LogP contribution < -0.4 is 10.7 Å². The van der Waals surface area contributed by atoms with Gasteiger partial charge in [-0.25, -0.2) is 4.39 Å². The molecule has 0 amide bonds. The van der Waals surface area contributed by atoms with Gasteiger partial charge in [-0.15, -0.1) is 0 Å². The summed E-state index contributed by atoms with van der Waals surface area (Å²) in [7, 11) is 0. The molecule has 4 nitrogen and oxygen atoms in total. The minimum atomic E-state index is -0.390. The minimum Gasteiger partial charge on any atom is -0.508 e. The van der Waals surface area contributed by atoms with E-state index in [1.807, 2.05) is 0 Å². The number of hydrogen-bond donors (Lipinski definition) is 3. The molecule has 0 radical (unpaired) electrons. The molecule has 2 aromatic rings. The Hall–Kier alpha value is -2.47. The SMILES string of the molecule is Oc1ccc(/C=N/NC(=S)Nc2ccccc2F)cc1. The lowest BCUT2D eigenvalue weighted by Crippen LogP contribution is -2.24. The molecule has 0 aromatic heterocycles. The number of thiocarbonyl (C=S) groups is 1. The Morgan fingerprint density at radius 3 is 2.55 bits per heavy atom. The summed E-state index contributed by atoms with van der Waals surface area (Å²) in [6.07, 6.45) is 1.54. The number of anilines is 1. The normalized spacial score (nSPS) is 10.4. The lowest BCUT2D eigenvalue weighted by Gasteiger charge is -2.07. The van der Waals surface area contributed by atoms with E-state index < -0.39 is 0 Å². The molecule has 0 bridgehead atoms. The molecule has 102 valence electrons. The van der Waals surface area contributed by atoms with Crippen LogP contribution in [0.4, 0.5) is 10.1 Å². The fourth-order valence-electron chi connectivity index (χ4n) is 1.44. The van der Waals surface area contributed by atoms with Crippen molar-refractivity contribution in [2.75, 3.05) is 5.32 Å². The van der Waals surface area contributed by atoms with Gasteiger partial charge in [-0.2, -0.15) is 5.10 Å². The molecule has 2 rings (SSSR count). The van der Waals surface area contributed by atoms with E-state index in [9.17, 15) is 4.39 Å². The van der Waals surface area contributed by atoms with Crippen molar-refractivity contribution in [3.8, 4) is 5.75 Å². The third-order valence-electron chi connectivity index (χ3n) is 2.39. The summed E-state index contributed by atoms with van der Waals surface area (Å²) in [5.41, 5.74) is 3.66. The van der Waals surface area contributed by atoms with Crippen LogP contribution in [0.5, 0.6) is 5.75 Å². The van der Waals surface area contributed by atoms with Crippen molar-refractivity contribution in [2.45, 2.75) is 0 Å². The summed E-state index contributed by atoms with van der Waals surface area (Å²) in [4.78, 5) is 0. The van der Waals surface area contributed by atoms with Crippen LogP contribution in [0.2, 0.25) is 0 Å². The van der Waals surface area contributed by atoms with Crippen LogP contribution in [0, 0.1) is 5.82 Å². The van der Waals surface area contributed by atoms with Gasteiger partial charge in [0.25, 0.3) is 0 Å². The fraction of sp³-hybridized carbons (Fsp3) is 0. The Kier molecular flexibility index (Phi) is 4.62. The van der Waals surface area contributed by atoms with E-state index in [1.54, 1.807) is 42.5 Å². The molecule has 0 aliphatic heterocycles. The number of halogens is 1. The summed E-state index contributed by atoms with van der Waals surface area (Å²) in [6.45, 7) is 0. The van der Waals surface area contributed by atoms with E-state index in [-0.39, 0.29) is 22.4 Å². The molecule has 0 aliphatic rings. The Morgan fingerprint density at radius 2 is 1.85 bits per heavy atom. The highest BCUT2D eigenvalue weighted by Crippen LogP contribution is 2.12. The zero-order chi connectivity index (χ0) is 14.4. The van der Waals surface area contributed by atoms with E-state index >= 15 is 0 Å². The number of para-hydroxylation sites is 1. The first-order valence-corrected chi connectivity index (χ1v) is 6.19. The molecular formula is C14H12FN3OS. The predicted molar refractivity (Wildman–Crippen MR) is 81.5 cm³/mol. The average molecular weight is 289 g/mol. The second kappa shape index (κ2) is 6.63. The number of hydrogen-bond acceptors (Lipinski definition) is 3. The van der Waals surface area contributed by atoms with Gasteiger partial charge in [0.15, 0.2) is 5.11 Å². The molecule has 6 heteroatoms. The summed E-state index contributed by atoms with van der Waals surface area (Å²) >= 11 is 4.99. The number of rotatable bonds is 3. The maximum Gasteiger partial charge on any atom is 0.191 e. The summed E-state index contributed by atoms with van der Waals surface area (Å²) in [5.74, 6) is -0.203. The number of benzene rings is 2. The molecule has 20 heavy (non-hydrogen) atoms. The van der Waals surface area contributed by atoms with Crippen LogP contribution in [-0.2, 0) is 0 Å². The molecule has 2 aromatic carbocycles. The maximum absolute atomic E-state index is 13.4. The maximum atomic E-state index is 13.4. The molecule has 0 fully saturated rings. The third-order valence-corrected chi connectivity index (χ3v) is 2.59. The second-order valence-electron chi connectivity index (χ2n) is 3.90. The van der Waals surface area contributed by atoms with Gasteiger partial charge in [-0.05, 0) is 54.2 Å². The monoisotopic (exact) mass is 289 g/mol. The molecule has 0 saturated carbocycles. The fourth-order valence-corrected chi connectivity index (χ4v) is 1.60. The van der Waals surface area contributed by atoms with E-state index in [4.69, 9.17) is 17.3 Å². The molecular weight excluding hydrogens is 277 g/mol. The van der Waals surface area contributed by atoms with Crippen molar-refractivity contribution >= 4 is 29.2 Å². The summed E-state index contributed by atoms with van der Waals surface area (Å²) in [5, 5.41) is 15.9. The standard InChI is InChI=1S/C14H12FN3OS/c15-12-3-1-2-4-13(12)17-14(20)18-16-9-10-5-7-11(19)8-6-10/h1-9,19H,(H2,17,18,20)/b16-9+. The van der Waals surface area contributed by atoms with Crippen LogP contribution in [0.1, 0.15) is 5.56 Å². The van der Waals surface area contributed by atoms with Crippen LogP contribution >= 0.6 is 12.2 Å². The van der Waals surface area contributed by atoms with E-state index in [2.05, 4.69) is 15.8 Å². The van der Waals surface area contributed by atoms with Crippen LogP contribution in [0.3, 0.4) is 0 Å². The minimum absolute atomic E-state index is 0.185. The number of phenolic OH excluding ortho intramolecular Hbond substituents is 1. The molecule has 3 N–H and O–H groups in total. The van der Waals surface area contributed by atoms with Gasteiger partial charge in [0.2, 0.25) is 0 Å².